The van der Waals surface area contributed by atoms with E-state index in [0.29, 0.717) is 12.0 Å². The first kappa shape index (κ1) is 17.0. The summed E-state index contributed by atoms with van der Waals surface area (Å²) < 4.78 is 0. The summed E-state index contributed by atoms with van der Waals surface area (Å²) in [6.45, 7) is 5.07. The van der Waals surface area contributed by atoms with E-state index in [-0.39, 0.29) is 11.9 Å². The molecule has 1 rings (SSSR count). The summed E-state index contributed by atoms with van der Waals surface area (Å²) in [6, 6.07) is 9.69. The first-order valence-corrected chi connectivity index (χ1v) is 7.46. The number of amides is 1. The summed E-state index contributed by atoms with van der Waals surface area (Å²) >= 11 is 0. The molecule has 0 aliphatic heterocycles. The lowest BCUT2D eigenvalue weighted by molar-refractivity contribution is 0.0746. The minimum atomic E-state index is -0.0746. The van der Waals surface area contributed by atoms with Gasteiger partial charge in [-0.3, -0.25) is 4.79 Å². The average Bonchev–Trinajstić information content (AvgIpc) is 2.51. The molecule has 4 heteroatoms. The smallest absolute Gasteiger partial charge is 0.253 e. The van der Waals surface area contributed by atoms with Gasteiger partial charge in [0, 0.05) is 37.9 Å². The van der Waals surface area contributed by atoms with E-state index in [2.05, 4.69) is 24.9 Å². The van der Waals surface area contributed by atoms with Crippen molar-refractivity contribution in [3.63, 3.8) is 0 Å². The van der Waals surface area contributed by atoms with E-state index in [1.54, 1.807) is 11.9 Å². The van der Waals surface area contributed by atoms with Crippen molar-refractivity contribution in [1.82, 2.24) is 4.90 Å². The van der Waals surface area contributed by atoms with Crippen molar-refractivity contribution in [2.45, 2.75) is 39.2 Å². The predicted molar refractivity (Wildman–Crippen MR) is 86.4 cm³/mol. The van der Waals surface area contributed by atoms with Gasteiger partial charge >= 0.3 is 0 Å². The summed E-state index contributed by atoms with van der Waals surface area (Å²) in [4.78, 5) is 16.1. The van der Waals surface area contributed by atoms with Crippen LogP contribution in [0.15, 0.2) is 24.3 Å². The maximum atomic E-state index is 12.3. The summed E-state index contributed by atoms with van der Waals surface area (Å²) in [7, 11) is 3.80. The zero-order valence-corrected chi connectivity index (χ0v) is 13.5. The Morgan fingerprint density at radius 1 is 1.29 bits per heavy atom. The van der Waals surface area contributed by atoms with Crippen LogP contribution in [0.1, 0.15) is 43.5 Å². The number of hydrogen-bond donors (Lipinski definition) is 0. The van der Waals surface area contributed by atoms with Crippen LogP contribution < -0.4 is 4.90 Å². The van der Waals surface area contributed by atoms with E-state index in [1.807, 2.05) is 31.2 Å². The maximum absolute atomic E-state index is 12.3. The van der Waals surface area contributed by atoms with Crippen LogP contribution in [0.25, 0.3) is 0 Å². The molecule has 1 aromatic rings. The zero-order valence-electron chi connectivity index (χ0n) is 13.5. The number of carbonyl (C=O) groups excluding carboxylic acids is 1. The number of rotatable bonds is 7. The van der Waals surface area contributed by atoms with Crippen LogP contribution in [0.2, 0.25) is 0 Å². The van der Waals surface area contributed by atoms with Crippen LogP contribution in [-0.4, -0.2) is 37.5 Å². The molecule has 0 aromatic heterocycles. The summed E-state index contributed by atoms with van der Waals surface area (Å²) in [5, 5.41) is 8.71. The largest absolute Gasteiger partial charge is 0.375 e. The second kappa shape index (κ2) is 8.31. The van der Waals surface area contributed by atoms with E-state index in [1.165, 1.54) is 6.42 Å². The summed E-state index contributed by atoms with van der Waals surface area (Å²) in [5.74, 6) is -0.0412. The monoisotopic (exact) mass is 287 g/mol. The number of carbonyl (C=O) groups is 1. The number of hydrogen-bond acceptors (Lipinski definition) is 3. The van der Waals surface area contributed by atoms with Crippen molar-refractivity contribution in [3.05, 3.63) is 29.8 Å². The Labute approximate surface area is 128 Å². The lowest BCUT2D eigenvalue weighted by Crippen LogP contribution is -2.34. The second-order valence-corrected chi connectivity index (χ2v) is 5.45. The number of benzene rings is 1. The van der Waals surface area contributed by atoms with Gasteiger partial charge in [0.2, 0.25) is 0 Å². The molecule has 0 saturated heterocycles. The van der Waals surface area contributed by atoms with Gasteiger partial charge in [0.05, 0.1) is 12.5 Å². The molecule has 0 saturated carbocycles. The zero-order chi connectivity index (χ0) is 15.8. The maximum Gasteiger partial charge on any atom is 0.253 e. The number of nitrogens with zero attached hydrogens (tertiary/aromatic N) is 3. The van der Waals surface area contributed by atoms with Crippen molar-refractivity contribution in [2.24, 2.45) is 0 Å². The lowest BCUT2D eigenvalue weighted by atomic mass is 10.1. The third kappa shape index (κ3) is 4.78. The van der Waals surface area contributed by atoms with Gasteiger partial charge in [-0.05, 0) is 37.6 Å². The Bertz CT molecular complexity index is 490. The third-order valence-corrected chi connectivity index (χ3v) is 3.77. The molecule has 0 radical (unpaired) electrons. The van der Waals surface area contributed by atoms with Crippen molar-refractivity contribution in [2.75, 3.05) is 25.5 Å². The molecular formula is C17H25N3O. The van der Waals surface area contributed by atoms with Crippen LogP contribution in [0.3, 0.4) is 0 Å². The highest BCUT2D eigenvalue weighted by atomic mass is 16.2. The van der Waals surface area contributed by atoms with Gasteiger partial charge in [-0.25, -0.2) is 0 Å². The molecule has 0 heterocycles. The van der Waals surface area contributed by atoms with Gasteiger partial charge < -0.3 is 9.80 Å². The molecule has 114 valence electrons. The van der Waals surface area contributed by atoms with Gasteiger partial charge in [0.1, 0.15) is 0 Å². The number of unbranched alkanes of at least 4 members (excludes halogenated alkanes) is 1. The van der Waals surface area contributed by atoms with Crippen LogP contribution in [0.5, 0.6) is 0 Å². The molecular weight excluding hydrogens is 262 g/mol. The highest BCUT2D eigenvalue weighted by Gasteiger charge is 2.17. The molecule has 21 heavy (non-hydrogen) atoms. The van der Waals surface area contributed by atoms with Crippen LogP contribution in [-0.2, 0) is 0 Å². The Balaban J connectivity index is 2.73. The normalized spacial score (nSPS) is 11.6. The SMILES string of the molecule is CCCCN(C)c1ccc(C(=O)N(C)C(C)CC#N)cc1. The fourth-order valence-electron chi connectivity index (χ4n) is 2.06. The van der Waals surface area contributed by atoms with Crippen molar-refractivity contribution >= 4 is 11.6 Å². The molecule has 0 spiro atoms. The Morgan fingerprint density at radius 3 is 2.43 bits per heavy atom. The molecule has 1 amide bonds. The highest BCUT2D eigenvalue weighted by molar-refractivity contribution is 5.94. The molecule has 1 unspecified atom stereocenters. The van der Waals surface area contributed by atoms with Gasteiger partial charge in [-0.1, -0.05) is 13.3 Å². The van der Waals surface area contributed by atoms with Gasteiger partial charge in [-0.2, -0.15) is 5.26 Å². The number of nitriles is 1. The number of anilines is 1. The third-order valence-electron chi connectivity index (χ3n) is 3.77. The van der Waals surface area contributed by atoms with Gasteiger partial charge in [-0.15, -0.1) is 0 Å². The fourth-order valence-corrected chi connectivity index (χ4v) is 2.06. The first-order chi connectivity index (χ1) is 10.0. The minimum absolute atomic E-state index is 0.0412. The lowest BCUT2D eigenvalue weighted by Gasteiger charge is -2.23. The van der Waals surface area contributed by atoms with Crippen LogP contribution >= 0.6 is 0 Å². The molecule has 1 atom stereocenters. The van der Waals surface area contributed by atoms with Crippen LogP contribution in [0, 0.1) is 11.3 Å². The summed E-state index contributed by atoms with van der Waals surface area (Å²) in [5.41, 5.74) is 1.78. The first-order valence-electron chi connectivity index (χ1n) is 7.46. The molecule has 1 aromatic carbocycles. The summed E-state index contributed by atoms with van der Waals surface area (Å²) in [6.07, 6.45) is 2.67. The van der Waals surface area contributed by atoms with E-state index < -0.39 is 0 Å². The predicted octanol–water partition coefficient (Wildman–Crippen LogP) is 3.30. The van der Waals surface area contributed by atoms with E-state index in [4.69, 9.17) is 5.26 Å². The van der Waals surface area contributed by atoms with E-state index in [0.717, 1.165) is 18.7 Å². The topological polar surface area (TPSA) is 47.3 Å². The van der Waals surface area contributed by atoms with Gasteiger partial charge in [0.15, 0.2) is 0 Å². The molecule has 0 bridgehead atoms. The van der Waals surface area contributed by atoms with Crippen molar-refractivity contribution in [1.29, 1.82) is 5.26 Å². The minimum Gasteiger partial charge on any atom is -0.375 e. The quantitative estimate of drug-likeness (QED) is 0.773. The average molecular weight is 287 g/mol. The molecule has 0 aliphatic carbocycles. The van der Waals surface area contributed by atoms with Crippen molar-refractivity contribution in [3.8, 4) is 6.07 Å². The fraction of sp³-hybridized carbons (Fsp3) is 0.529. The van der Waals surface area contributed by atoms with E-state index in [9.17, 15) is 4.79 Å². The van der Waals surface area contributed by atoms with Crippen LogP contribution in [0.4, 0.5) is 5.69 Å². The Morgan fingerprint density at radius 2 is 1.90 bits per heavy atom. The molecule has 0 N–H and O–H groups in total. The standard InChI is InChI=1S/C17H25N3O/c1-5-6-13-19(3)16-9-7-15(8-10-16)17(21)20(4)14(2)11-12-18/h7-10,14H,5-6,11,13H2,1-4H3. The van der Waals surface area contributed by atoms with Crippen molar-refractivity contribution < 1.29 is 4.79 Å². The highest BCUT2D eigenvalue weighted by Crippen LogP contribution is 2.16. The Hall–Kier alpha value is -2.02. The molecule has 0 aliphatic rings. The van der Waals surface area contributed by atoms with Gasteiger partial charge in [0.25, 0.3) is 5.91 Å². The molecule has 4 nitrogen and oxygen atoms in total. The Kier molecular flexibility index (Phi) is 6.74. The molecule has 0 fully saturated rings. The van der Waals surface area contributed by atoms with E-state index >= 15 is 0 Å². The second-order valence-electron chi connectivity index (χ2n) is 5.45.